The van der Waals surface area contributed by atoms with Crippen LogP contribution in [0.2, 0.25) is 0 Å². The Labute approximate surface area is 116 Å². The van der Waals surface area contributed by atoms with Crippen LogP contribution in [0.1, 0.15) is 24.8 Å². The highest BCUT2D eigenvalue weighted by Crippen LogP contribution is 2.27. The second-order valence-corrected chi connectivity index (χ2v) is 4.69. The molecule has 0 aliphatic rings. The number of benzene rings is 1. The molecule has 0 aromatic heterocycles. The van der Waals surface area contributed by atoms with Gasteiger partial charge in [-0.3, -0.25) is 0 Å². The van der Waals surface area contributed by atoms with E-state index in [1.54, 1.807) is 0 Å². The molecule has 0 bridgehead atoms. The number of alkyl halides is 3. The zero-order chi connectivity index (χ0) is 14.5. The van der Waals surface area contributed by atoms with Gasteiger partial charge in [0.2, 0.25) is 0 Å². The van der Waals surface area contributed by atoms with E-state index in [4.69, 9.17) is 5.26 Å². The molecule has 2 nitrogen and oxygen atoms in total. The normalized spacial score (nSPS) is 11.2. The predicted molar refractivity (Wildman–Crippen MR) is 67.2 cm³/mol. The highest BCUT2D eigenvalue weighted by atomic mass is 79.9. The molecule has 19 heavy (non-hydrogen) atoms. The fraction of sp³-hybridized carbons (Fsp3) is 0.417. The molecule has 7 heteroatoms. The van der Waals surface area contributed by atoms with Crippen molar-refractivity contribution in [3.05, 3.63) is 28.0 Å². The molecule has 0 saturated carbocycles. The van der Waals surface area contributed by atoms with Crippen molar-refractivity contribution < 1.29 is 17.6 Å². The minimum absolute atomic E-state index is 0.00440. The first-order valence-electron chi connectivity index (χ1n) is 5.54. The number of nitrogens with zero attached hydrogens (tertiary/aromatic N) is 1. The number of hydrogen-bond acceptors (Lipinski definition) is 2. The Morgan fingerprint density at radius 1 is 1.26 bits per heavy atom. The van der Waals surface area contributed by atoms with Crippen molar-refractivity contribution in [3.8, 4) is 6.07 Å². The molecular formula is C12H11BrF4N2. The first kappa shape index (κ1) is 15.8. The van der Waals surface area contributed by atoms with Crippen molar-refractivity contribution in [1.82, 2.24) is 0 Å². The second-order valence-electron chi connectivity index (χ2n) is 3.90. The minimum Gasteiger partial charge on any atom is -0.383 e. The second kappa shape index (κ2) is 6.75. The van der Waals surface area contributed by atoms with E-state index in [9.17, 15) is 17.6 Å². The van der Waals surface area contributed by atoms with Crippen molar-refractivity contribution in [2.75, 3.05) is 11.9 Å². The first-order chi connectivity index (χ1) is 8.85. The van der Waals surface area contributed by atoms with Crippen molar-refractivity contribution >= 4 is 21.6 Å². The van der Waals surface area contributed by atoms with Crippen LogP contribution in [-0.4, -0.2) is 12.7 Å². The van der Waals surface area contributed by atoms with Crippen molar-refractivity contribution in [2.45, 2.75) is 25.4 Å². The van der Waals surface area contributed by atoms with Crippen LogP contribution < -0.4 is 5.32 Å². The van der Waals surface area contributed by atoms with Crippen molar-refractivity contribution in [1.29, 1.82) is 5.26 Å². The first-order valence-corrected chi connectivity index (χ1v) is 6.33. The molecule has 0 unspecified atom stereocenters. The van der Waals surface area contributed by atoms with E-state index in [2.05, 4.69) is 21.2 Å². The van der Waals surface area contributed by atoms with Gasteiger partial charge in [0.1, 0.15) is 6.07 Å². The van der Waals surface area contributed by atoms with Crippen molar-refractivity contribution in [2.24, 2.45) is 0 Å². The smallest absolute Gasteiger partial charge is 0.383 e. The van der Waals surface area contributed by atoms with Crippen LogP contribution in [0.3, 0.4) is 0 Å². The maximum absolute atomic E-state index is 13.7. The maximum Gasteiger partial charge on any atom is 0.389 e. The van der Waals surface area contributed by atoms with Crippen LogP contribution in [0.4, 0.5) is 23.2 Å². The fourth-order valence-electron chi connectivity index (χ4n) is 1.45. The third-order valence-electron chi connectivity index (χ3n) is 2.41. The number of anilines is 1. The molecule has 104 valence electrons. The Kier molecular flexibility index (Phi) is 5.60. The molecule has 1 N–H and O–H groups in total. The number of unbranched alkanes of at least 4 members (excludes halogenated alkanes) is 1. The largest absolute Gasteiger partial charge is 0.389 e. The summed E-state index contributed by atoms with van der Waals surface area (Å²) < 4.78 is 49.4. The van der Waals surface area contributed by atoms with Crippen LogP contribution in [0.25, 0.3) is 0 Å². The van der Waals surface area contributed by atoms with E-state index >= 15 is 0 Å². The Bertz CT molecular complexity index is 480. The van der Waals surface area contributed by atoms with Crippen LogP contribution in [0, 0.1) is 17.1 Å². The molecule has 1 aromatic rings. The third kappa shape index (κ3) is 5.07. The number of rotatable bonds is 5. The van der Waals surface area contributed by atoms with Gasteiger partial charge in [0.05, 0.1) is 15.7 Å². The van der Waals surface area contributed by atoms with Crippen LogP contribution in [-0.2, 0) is 0 Å². The Morgan fingerprint density at radius 2 is 1.95 bits per heavy atom. The van der Waals surface area contributed by atoms with Gasteiger partial charge in [-0.15, -0.1) is 0 Å². The number of hydrogen-bond donors (Lipinski definition) is 1. The summed E-state index contributed by atoms with van der Waals surface area (Å²) in [4.78, 5) is 0. The zero-order valence-electron chi connectivity index (χ0n) is 9.82. The maximum atomic E-state index is 13.7. The van der Waals surface area contributed by atoms with E-state index in [1.807, 2.05) is 6.07 Å². The summed E-state index contributed by atoms with van der Waals surface area (Å²) >= 11 is 2.95. The van der Waals surface area contributed by atoms with Crippen LogP contribution in [0.15, 0.2) is 16.6 Å². The molecule has 0 amide bonds. The van der Waals surface area contributed by atoms with E-state index in [0.717, 1.165) is 0 Å². The Hall–Kier alpha value is -1.29. The number of halogens is 5. The van der Waals surface area contributed by atoms with E-state index in [-0.39, 0.29) is 35.1 Å². The van der Waals surface area contributed by atoms with Gasteiger partial charge in [0.15, 0.2) is 5.82 Å². The highest BCUT2D eigenvalue weighted by Gasteiger charge is 2.25. The summed E-state index contributed by atoms with van der Waals surface area (Å²) in [6, 6.07) is 4.64. The SMILES string of the molecule is N#Cc1ccc(NCCCCC(F)(F)F)c(F)c1Br. The van der Waals surface area contributed by atoms with E-state index in [0.29, 0.717) is 0 Å². The van der Waals surface area contributed by atoms with Gasteiger partial charge in [-0.1, -0.05) is 0 Å². The molecule has 0 spiro atoms. The predicted octanol–water partition coefficient (Wildman–Crippen LogP) is 4.60. The molecule has 1 rings (SSSR count). The zero-order valence-corrected chi connectivity index (χ0v) is 11.4. The van der Waals surface area contributed by atoms with Crippen LogP contribution >= 0.6 is 15.9 Å². The summed E-state index contributed by atoms with van der Waals surface area (Å²) in [7, 11) is 0. The Balaban J connectivity index is 2.47. The molecule has 0 radical (unpaired) electrons. The molecule has 0 aliphatic carbocycles. The van der Waals surface area contributed by atoms with Gasteiger partial charge in [0, 0.05) is 13.0 Å². The van der Waals surface area contributed by atoms with E-state index in [1.165, 1.54) is 12.1 Å². The molecule has 0 fully saturated rings. The van der Waals surface area contributed by atoms with Gasteiger partial charge < -0.3 is 5.32 Å². The summed E-state index contributed by atoms with van der Waals surface area (Å²) in [5, 5.41) is 11.4. The van der Waals surface area contributed by atoms with E-state index < -0.39 is 18.4 Å². The molecule has 0 atom stereocenters. The third-order valence-corrected chi connectivity index (χ3v) is 3.18. The lowest BCUT2D eigenvalue weighted by molar-refractivity contribution is -0.135. The number of nitriles is 1. The lowest BCUT2D eigenvalue weighted by atomic mass is 10.2. The van der Waals surface area contributed by atoms with Gasteiger partial charge in [-0.05, 0) is 40.9 Å². The van der Waals surface area contributed by atoms with Crippen molar-refractivity contribution in [3.63, 3.8) is 0 Å². The minimum atomic E-state index is -4.15. The number of nitrogens with one attached hydrogen (secondary N) is 1. The quantitative estimate of drug-likeness (QED) is 0.628. The van der Waals surface area contributed by atoms with Gasteiger partial charge in [-0.2, -0.15) is 18.4 Å². The Morgan fingerprint density at radius 3 is 2.53 bits per heavy atom. The highest BCUT2D eigenvalue weighted by molar-refractivity contribution is 9.10. The average molecular weight is 339 g/mol. The molecule has 0 saturated heterocycles. The summed E-state index contributed by atoms with van der Waals surface area (Å²) in [5.74, 6) is -0.616. The summed E-state index contributed by atoms with van der Waals surface area (Å²) in [6.45, 7) is 0.241. The lowest BCUT2D eigenvalue weighted by Crippen LogP contribution is -2.09. The van der Waals surface area contributed by atoms with Gasteiger partial charge >= 0.3 is 6.18 Å². The molecule has 0 aliphatic heterocycles. The van der Waals surface area contributed by atoms with Gasteiger partial charge in [-0.25, -0.2) is 4.39 Å². The monoisotopic (exact) mass is 338 g/mol. The topological polar surface area (TPSA) is 35.8 Å². The lowest BCUT2D eigenvalue weighted by Gasteiger charge is -2.10. The fourth-order valence-corrected chi connectivity index (χ4v) is 1.88. The molecule has 1 aromatic carbocycles. The average Bonchev–Trinajstić information content (AvgIpc) is 2.33. The summed E-state index contributed by atoms with van der Waals surface area (Å²) in [6.07, 6.45) is -4.71. The standard InChI is InChI=1S/C12H11BrF4N2/c13-10-8(7-18)3-4-9(11(10)14)19-6-2-1-5-12(15,16)17/h3-4,19H,1-2,5-6H2. The van der Waals surface area contributed by atoms with Crippen LogP contribution in [0.5, 0.6) is 0 Å². The molecule has 0 heterocycles. The van der Waals surface area contributed by atoms with Gasteiger partial charge in [0.25, 0.3) is 0 Å². The summed E-state index contributed by atoms with van der Waals surface area (Å²) in [5.41, 5.74) is 0.331. The molecular weight excluding hydrogens is 328 g/mol.